The average molecular weight is 321 g/mol. The second-order valence-corrected chi connectivity index (χ2v) is 5.97. The maximum atomic E-state index is 5.91. The fraction of sp³-hybridized carbons (Fsp3) is 0.333. The maximum Gasteiger partial charge on any atom is 0.134 e. The van der Waals surface area contributed by atoms with Gasteiger partial charge in [0.2, 0.25) is 0 Å². The molecule has 0 unspecified atom stereocenters. The molecule has 1 atom stereocenters. The molecule has 0 aliphatic carbocycles. The lowest BCUT2D eigenvalue weighted by atomic mass is 10.2. The summed E-state index contributed by atoms with van der Waals surface area (Å²) in [5, 5.41) is 0. The summed E-state index contributed by atoms with van der Waals surface area (Å²) in [6.07, 6.45) is 1.08. The Balaban J connectivity index is 1.71. The van der Waals surface area contributed by atoms with E-state index in [-0.39, 0.29) is 0 Å². The summed E-state index contributed by atoms with van der Waals surface area (Å²) in [5.74, 6) is 1.93. The van der Waals surface area contributed by atoms with Crippen molar-refractivity contribution >= 4 is 15.9 Å². The normalized spacial score (nSPS) is 20.0. The van der Waals surface area contributed by atoms with Crippen LogP contribution in [0.15, 0.2) is 45.3 Å². The van der Waals surface area contributed by atoms with Gasteiger partial charge in [0.25, 0.3) is 0 Å². The van der Waals surface area contributed by atoms with Gasteiger partial charge in [-0.3, -0.25) is 4.90 Å². The van der Waals surface area contributed by atoms with Crippen molar-refractivity contribution in [3.8, 4) is 11.3 Å². The fourth-order valence-corrected chi connectivity index (χ4v) is 2.72. The molecule has 100 valence electrons. The molecule has 1 saturated heterocycles. The van der Waals surface area contributed by atoms with E-state index in [1.165, 1.54) is 0 Å². The van der Waals surface area contributed by atoms with E-state index >= 15 is 0 Å². The van der Waals surface area contributed by atoms with Crippen LogP contribution in [0.2, 0.25) is 0 Å². The molecular formula is C15H17BrN2O. The van der Waals surface area contributed by atoms with Crippen molar-refractivity contribution in [3.63, 3.8) is 0 Å². The first-order valence-corrected chi connectivity index (χ1v) is 7.32. The predicted octanol–water partition coefficient (Wildman–Crippen LogP) is 3.24. The second-order valence-electron chi connectivity index (χ2n) is 5.06. The third kappa shape index (κ3) is 3.08. The van der Waals surface area contributed by atoms with Crippen LogP contribution in [0.25, 0.3) is 11.3 Å². The van der Waals surface area contributed by atoms with Gasteiger partial charge in [0.1, 0.15) is 11.5 Å². The van der Waals surface area contributed by atoms with E-state index < -0.39 is 0 Å². The van der Waals surface area contributed by atoms with Gasteiger partial charge >= 0.3 is 0 Å². The molecule has 1 fully saturated rings. The number of rotatable bonds is 3. The molecule has 19 heavy (non-hydrogen) atoms. The zero-order chi connectivity index (χ0) is 13.2. The Hall–Kier alpha value is -1.10. The minimum atomic E-state index is 0.320. The van der Waals surface area contributed by atoms with Gasteiger partial charge in [-0.1, -0.05) is 28.1 Å². The Kier molecular flexibility index (Phi) is 3.73. The summed E-state index contributed by atoms with van der Waals surface area (Å²) >= 11 is 3.44. The Bertz CT molecular complexity index is 550. The largest absolute Gasteiger partial charge is 0.460 e. The molecule has 3 rings (SSSR count). The molecule has 2 N–H and O–H groups in total. The number of likely N-dealkylation sites (tertiary alicyclic amines) is 1. The molecule has 0 spiro atoms. The quantitative estimate of drug-likeness (QED) is 0.944. The lowest BCUT2D eigenvalue weighted by Gasteiger charge is -2.12. The zero-order valence-electron chi connectivity index (χ0n) is 10.7. The summed E-state index contributed by atoms with van der Waals surface area (Å²) in [4.78, 5) is 2.34. The lowest BCUT2D eigenvalue weighted by Crippen LogP contribution is -2.26. The van der Waals surface area contributed by atoms with Gasteiger partial charge in [0, 0.05) is 29.2 Å². The highest BCUT2D eigenvalue weighted by Crippen LogP contribution is 2.25. The molecule has 0 radical (unpaired) electrons. The van der Waals surface area contributed by atoms with E-state index in [0.29, 0.717) is 6.04 Å². The third-order valence-corrected chi connectivity index (χ3v) is 4.01. The van der Waals surface area contributed by atoms with Crippen molar-refractivity contribution in [2.75, 3.05) is 13.1 Å². The van der Waals surface area contributed by atoms with Crippen LogP contribution in [0.3, 0.4) is 0 Å². The molecule has 0 bridgehead atoms. The Morgan fingerprint density at radius 3 is 2.68 bits per heavy atom. The number of nitrogens with zero attached hydrogens (tertiary/aromatic N) is 1. The van der Waals surface area contributed by atoms with Gasteiger partial charge in [0.15, 0.2) is 0 Å². The zero-order valence-corrected chi connectivity index (χ0v) is 12.3. The first kappa shape index (κ1) is 12.9. The number of hydrogen-bond donors (Lipinski definition) is 1. The third-order valence-electron chi connectivity index (χ3n) is 3.48. The van der Waals surface area contributed by atoms with Crippen LogP contribution in [0.4, 0.5) is 0 Å². The fourth-order valence-electron chi connectivity index (χ4n) is 2.46. The smallest absolute Gasteiger partial charge is 0.134 e. The molecular weight excluding hydrogens is 304 g/mol. The summed E-state index contributed by atoms with van der Waals surface area (Å²) in [7, 11) is 0. The highest BCUT2D eigenvalue weighted by Gasteiger charge is 2.20. The van der Waals surface area contributed by atoms with Gasteiger partial charge in [-0.2, -0.15) is 0 Å². The van der Waals surface area contributed by atoms with Crippen molar-refractivity contribution in [1.82, 2.24) is 4.90 Å². The van der Waals surface area contributed by atoms with Crippen LogP contribution in [-0.4, -0.2) is 24.0 Å². The molecule has 1 aromatic heterocycles. The maximum absolute atomic E-state index is 5.91. The van der Waals surface area contributed by atoms with Crippen LogP contribution >= 0.6 is 15.9 Å². The van der Waals surface area contributed by atoms with Crippen LogP contribution in [-0.2, 0) is 6.54 Å². The lowest BCUT2D eigenvalue weighted by molar-refractivity contribution is 0.296. The molecule has 2 aromatic rings. The van der Waals surface area contributed by atoms with Gasteiger partial charge in [-0.05, 0) is 30.7 Å². The second kappa shape index (κ2) is 5.49. The van der Waals surface area contributed by atoms with E-state index in [4.69, 9.17) is 10.2 Å². The van der Waals surface area contributed by atoms with Crippen molar-refractivity contribution in [2.45, 2.75) is 19.0 Å². The Morgan fingerprint density at radius 2 is 2.00 bits per heavy atom. The summed E-state index contributed by atoms with van der Waals surface area (Å²) in [6.45, 7) is 2.88. The average Bonchev–Trinajstić information content (AvgIpc) is 3.00. The van der Waals surface area contributed by atoms with Crippen molar-refractivity contribution in [1.29, 1.82) is 0 Å². The molecule has 1 aliphatic rings. The van der Waals surface area contributed by atoms with E-state index in [2.05, 4.69) is 39.0 Å². The number of nitrogens with two attached hydrogens (primary N) is 1. The molecule has 2 heterocycles. The molecule has 1 aromatic carbocycles. The predicted molar refractivity (Wildman–Crippen MR) is 79.7 cm³/mol. The number of benzene rings is 1. The van der Waals surface area contributed by atoms with E-state index in [9.17, 15) is 0 Å². The Morgan fingerprint density at radius 1 is 1.21 bits per heavy atom. The highest BCUT2D eigenvalue weighted by molar-refractivity contribution is 9.10. The van der Waals surface area contributed by atoms with Gasteiger partial charge in [-0.15, -0.1) is 0 Å². The van der Waals surface area contributed by atoms with Gasteiger partial charge < -0.3 is 10.2 Å². The van der Waals surface area contributed by atoms with Gasteiger partial charge in [0.05, 0.1) is 6.54 Å². The van der Waals surface area contributed by atoms with Gasteiger partial charge in [-0.25, -0.2) is 0 Å². The van der Waals surface area contributed by atoms with Crippen LogP contribution < -0.4 is 5.73 Å². The summed E-state index contributed by atoms with van der Waals surface area (Å²) in [6, 6.07) is 12.6. The van der Waals surface area contributed by atoms with Crippen molar-refractivity contribution in [2.24, 2.45) is 5.73 Å². The van der Waals surface area contributed by atoms with E-state index in [1.54, 1.807) is 0 Å². The summed E-state index contributed by atoms with van der Waals surface area (Å²) in [5.41, 5.74) is 7.02. The van der Waals surface area contributed by atoms with Crippen LogP contribution in [0.1, 0.15) is 12.2 Å². The number of furan rings is 1. The summed E-state index contributed by atoms with van der Waals surface area (Å²) < 4.78 is 6.99. The van der Waals surface area contributed by atoms with Crippen LogP contribution in [0, 0.1) is 0 Å². The van der Waals surface area contributed by atoms with E-state index in [0.717, 1.165) is 47.6 Å². The van der Waals surface area contributed by atoms with Crippen LogP contribution in [0.5, 0.6) is 0 Å². The minimum absolute atomic E-state index is 0.320. The molecule has 0 saturated carbocycles. The number of hydrogen-bond acceptors (Lipinski definition) is 3. The SMILES string of the molecule is N[C@H]1CCN(Cc2ccc(-c3ccc(Br)cc3)o2)C1. The topological polar surface area (TPSA) is 42.4 Å². The molecule has 3 nitrogen and oxygen atoms in total. The number of halogens is 1. The molecule has 0 amide bonds. The Labute approximate surface area is 121 Å². The standard InChI is InChI=1S/C15H17BrN2O/c16-12-3-1-11(2-4-12)15-6-5-14(19-15)10-18-8-7-13(17)9-18/h1-6,13H,7-10,17H2/t13-/m0/s1. The van der Waals surface area contributed by atoms with E-state index in [1.807, 2.05) is 18.2 Å². The highest BCUT2D eigenvalue weighted by atomic mass is 79.9. The van der Waals surface area contributed by atoms with Crippen molar-refractivity contribution in [3.05, 3.63) is 46.6 Å². The molecule has 1 aliphatic heterocycles. The monoisotopic (exact) mass is 320 g/mol. The first-order valence-electron chi connectivity index (χ1n) is 6.53. The van der Waals surface area contributed by atoms with Crippen molar-refractivity contribution < 1.29 is 4.42 Å². The first-order chi connectivity index (χ1) is 9.20. The minimum Gasteiger partial charge on any atom is -0.460 e. The molecule has 4 heteroatoms.